The molecule has 0 unspecified atom stereocenters. The van der Waals surface area contributed by atoms with E-state index in [0.29, 0.717) is 29.7 Å². The van der Waals surface area contributed by atoms with Crippen LogP contribution in [0.5, 0.6) is 0 Å². The number of rotatable bonds is 3. The van der Waals surface area contributed by atoms with Gasteiger partial charge in [0.05, 0.1) is 0 Å². The largest absolute Gasteiger partial charge is 0.330 e. The zero-order valence-corrected chi connectivity index (χ0v) is 7.40. The van der Waals surface area contributed by atoms with Gasteiger partial charge >= 0.3 is 0 Å². The minimum atomic E-state index is -0.0232. The molecule has 2 heterocycles. The lowest BCUT2D eigenvalue weighted by molar-refractivity contribution is 0.0985. The number of H-pyrrole nitrogens is 1. The van der Waals surface area contributed by atoms with Crippen LogP contribution in [0.2, 0.25) is 0 Å². The summed E-state index contributed by atoms with van der Waals surface area (Å²) in [7, 11) is 0. The maximum Gasteiger partial charge on any atom is 0.201 e. The summed E-state index contributed by atoms with van der Waals surface area (Å²) in [5.41, 5.74) is 6.91. The average molecular weight is 191 g/mol. The Morgan fingerprint density at radius 1 is 1.50 bits per heavy atom. The minimum absolute atomic E-state index is 0.0232. The van der Waals surface area contributed by atoms with Gasteiger partial charge in [-0.15, -0.1) is 5.10 Å². The van der Waals surface area contributed by atoms with E-state index in [9.17, 15) is 4.79 Å². The first-order chi connectivity index (χ1) is 6.81. The van der Waals surface area contributed by atoms with Crippen molar-refractivity contribution >= 4 is 16.9 Å². The van der Waals surface area contributed by atoms with Crippen LogP contribution in [0.4, 0.5) is 0 Å². The Morgan fingerprint density at radius 2 is 2.36 bits per heavy atom. The number of aromatic nitrogens is 4. The van der Waals surface area contributed by atoms with Gasteiger partial charge in [-0.3, -0.25) is 4.79 Å². The van der Waals surface area contributed by atoms with Gasteiger partial charge in [-0.1, -0.05) is 0 Å². The number of nitrogens with zero attached hydrogens (tertiary/aromatic N) is 3. The van der Waals surface area contributed by atoms with Gasteiger partial charge in [0.1, 0.15) is 5.52 Å². The molecule has 6 heteroatoms. The maximum atomic E-state index is 11.4. The number of ketones is 1. The van der Waals surface area contributed by atoms with Crippen molar-refractivity contribution in [3.05, 3.63) is 17.8 Å². The average Bonchev–Trinajstić information content (AvgIpc) is 2.64. The fraction of sp³-hybridized carbons (Fsp3) is 0.250. The lowest BCUT2D eigenvalue weighted by Crippen LogP contribution is -2.08. The lowest BCUT2D eigenvalue weighted by Gasteiger charge is -1.96. The van der Waals surface area contributed by atoms with Crippen molar-refractivity contribution in [1.29, 1.82) is 0 Å². The first kappa shape index (κ1) is 8.76. The third-order valence-corrected chi connectivity index (χ3v) is 1.87. The van der Waals surface area contributed by atoms with Gasteiger partial charge in [0.15, 0.2) is 5.78 Å². The number of carbonyl (C=O) groups excluding carboxylic acids is 1. The van der Waals surface area contributed by atoms with Gasteiger partial charge in [-0.05, 0) is 12.6 Å². The Morgan fingerprint density at radius 3 is 3.14 bits per heavy atom. The summed E-state index contributed by atoms with van der Waals surface area (Å²) in [6.45, 7) is 0.343. The molecular formula is C8H9N5O. The molecule has 0 spiro atoms. The summed E-state index contributed by atoms with van der Waals surface area (Å²) in [4.78, 5) is 15.4. The van der Waals surface area contributed by atoms with Crippen molar-refractivity contribution in [2.24, 2.45) is 5.73 Å². The second-order valence-electron chi connectivity index (χ2n) is 2.85. The molecule has 0 amide bonds. The number of Topliss-reactive ketones (excluding diaryl/α,β-unsaturated/α-hetero) is 1. The molecule has 0 fully saturated rings. The van der Waals surface area contributed by atoms with Crippen LogP contribution >= 0.6 is 0 Å². The highest BCUT2D eigenvalue weighted by Crippen LogP contribution is 2.08. The summed E-state index contributed by atoms with van der Waals surface area (Å²) in [6.07, 6.45) is 1.81. The fourth-order valence-corrected chi connectivity index (χ4v) is 1.17. The van der Waals surface area contributed by atoms with Gasteiger partial charge in [-0.2, -0.15) is 10.3 Å². The highest BCUT2D eigenvalue weighted by molar-refractivity contribution is 5.97. The van der Waals surface area contributed by atoms with Crippen LogP contribution in [-0.4, -0.2) is 32.7 Å². The maximum absolute atomic E-state index is 11.4. The molecule has 0 bridgehead atoms. The van der Waals surface area contributed by atoms with E-state index in [0.717, 1.165) is 0 Å². The number of nitrogens with two attached hydrogens (primary N) is 1. The van der Waals surface area contributed by atoms with Crippen LogP contribution in [0, 0.1) is 0 Å². The number of aromatic amines is 1. The number of fused-ring (bicyclic) bond motifs is 1. The molecule has 0 radical (unpaired) electrons. The van der Waals surface area contributed by atoms with Gasteiger partial charge in [0.2, 0.25) is 5.65 Å². The van der Waals surface area contributed by atoms with Gasteiger partial charge in [0.25, 0.3) is 0 Å². The highest BCUT2D eigenvalue weighted by Gasteiger charge is 2.07. The first-order valence-electron chi connectivity index (χ1n) is 4.21. The lowest BCUT2D eigenvalue weighted by atomic mass is 10.1. The van der Waals surface area contributed by atoms with Crippen LogP contribution < -0.4 is 5.73 Å². The van der Waals surface area contributed by atoms with E-state index in [1.165, 1.54) is 6.20 Å². The summed E-state index contributed by atoms with van der Waals surface area (Å²) in [5, 5.41) is 10.1. The number of pyridine rings is 1. The van der Waals surface area contributed by atoms with E-state index in [2.05, 4.69) is 20.4 Å². The summed E-state index contributed by atoms with van der Waals surface area (Å²) in [6, 6.07) is 1.66. The molecule has 0 aliphatic rings. The summed E-state index contributed by atoms with van der Waals surface area (Å²) in [5.74, 6) is -0.0232. The quantitative estimate of drug-likeness (QED) is 0.659. The number of carbonyl (C=O) groups is 1. The Hall–Kier alpha value is -1.82. The zero-order chi connectivity index (χ0) is 9.97. The van der Waals surface area contributed by atoms with Gasteiger partial charge < -0.3 is 5.73 Å². The van der Waals surface area contributed by atoms with Crippen molar-refractivity contribution in [2.45, 2.75) is 6.42 Å². The molecule has 0 aliphatic carbocycles. The third kappa shape index (κ3) is 1.47. The second-order valence-corrected chi connectivity index (χ2v) is 2.85. The monoisotopic (exact) mass is 191 g/mol. The van der Waals surface area contributed by atoms with E-state index in [4.69, 9.17) is 5.73 Å². The molecular weight excluding hydrogens is 182 g/mol. The molecule has 2 aromatic rings. The molecule has 0 aromatic carbocycles. The Balaban J connectivity index is 2.38. The molecule has 72 valence electrons. The van der Waals surface area contributed by atoms with Crippen molar-refractivity contribution < 1.29 is 4.79 Å². The van der Waals surface area contributed by atoms with Crippen LogP contribution in [0.15, 0.2) is 12.3 Å². The predicted molar refractivity (Wildman–Crippen MR) is 49.7 cm³/mol. The number of hydrogen-bond donors (Lipinski definition) is 2. The predicted octanol–water partition coefficient (Wildman–Crippen LogP) is -0.116. The standard InChI is InChI=1S/C8H9N5O/c9-2-1-7(14)5-3-6-8(10-4-5)12-13-11-6/h3-4H,1-2,9H2,(H,10,11,12,13). The topological polar surface area (TPSA) is 97.5 Å². The van der Waals surface area contributed by atoms with Crippen molar-refractivity contribution in [1.82, 2.24) is 20.4 Å². The van der Waals surface area contributed by atoms with Crippen molar-refractivity contribution in [2.75, 3.05) is 6.54 Å². The fourth-order valence-electron chi connectivity index (χ4n) is 1.17. The molecule has 6 nitrogen and oxygen atoms in total. The zero-order valence-electron chi connectivity index (χ0n) is 7.40. The smallest absolute Gasteiger partial charge is 0.201 e. The van der Waals surface area contributed by atoms with Crippen LogP contribution in [0.1, 0.15) is 16.8 Å². The first-order valence-corrected chi connectivity index (χ1v) is 4.21. The summed E-state index contributed by atoms with van der Waals surface area (Å²) >= 11 is 0. The molecule has 0 aliphatic heterocycles. The molecule has 0 saturated carbocycles. The van der Waals surface area contributed by atoms with Crippen molar-refractivity contribution in [3.63, 3.8) is 0 Å². The minimum Gasteiger partial charge on any atom is -0.330 e. The Kier molecular flexibility index (Phi) is 2.19. The highest BCUT2D eigenvalue weighted by atomic mass is 16.1. The van der Waals surface area contributed by atoms with Crippen molar-refractivity contribution in [3.8, 4) is 0 Å². The van der Waals surface area contributed by atoms with Gasteiger partial charge in [-0.25, -0.2) is 4.98 Å². The third-order valence-electron chi connectivity index (χ3n) is 1.87. The van der Waals surface area contributed by atoms with Gasteiger partial charge in [0, 0.05) is 18.2 Å². The Bertz CT molecular complexity index is 463. The van der Waals surface area contributed by atoms with Crippen LogP contribution in [0.25, 0.3) is 11.2 Å². The van der Waals surface area contributed by atoms with Crippen LogP contribution in [-0.2, 0) is 0 Å². The Labute approximate surface area is 79.5 Å². The molecule has 0 atom stereocenters. The second kappa shape index (κ2) is 3.51. The van der Waals surface area contributed by atoms with E-state index >= 15 is 0 Å². The van der Waals surface area contributed by atoms with Crippen LogP contribution in [0.3, 0.4) is 0 Å². The number of nitrogens with one attached hydrogen (secondary N) is 1. The van der Waals surface area contributed by atoms with E-state index in [-0.39, 0.29) is 5.78 Å². The molecule has 3 N–H and O–H groups in total. The van der Waals surface area contributed by atoms with E-state index in [1.54, 1.807) is 6.07 Å². The molecule has 2 aromatic heterocycles. The molecule has 2 rings (SSSR count). The molecule has 0 saturated heterocycles. The summed E-state index contributed by atoms with van der Waals surface area (Å²) < 4.78 is 0. The van der Waals surface area contributed by atoms with E-state index in [1.807, 2.05) is 0 Å². The normalized spacial score (nSPS) is 10.6. The number of hydrogen-bond acceptors (Lipinski definition) is 5. The SMILES string of the molecule is NCCC(=O)c1cnc2n[nH]nc2c1. The molecule has 14 heavy (non-hydrogen) atoms. The van der Waals surface area contributed by atoms with E-state index < -0.39 is 0 Å².